The summed E-state index contributed by atoms with van der Waals surface area (Å²) in [7, 11) is 0. The van der Waals surface area contributed by atoms with Crippen molar-refractivity contribution in [3.63, 3.8) is 0 Å². The number of para-hydroxylation sites is 3. The monoisotopic (exact) mass is 1210 g/mol. The zero-order valence-electron chi connectivity index (χ0n) is 48.2. The molecule has 0 radical (unpaired) electrons. The van der Waals surface area contributed by atoms with Crippen molar-refractivity contribution < 1.29 is 25.8 Å². The van der Waals surface area contributed by atoms with Crippen LogP contribution in [0.3, 0.4) is 0 Å². The van der Waals surface area contributed by atoms with Crippen molar-refractivity contribution >= 4 is 57.0 Å². The second-order valence-corrected chi connectivity index (χ2v) is 26.4. The molecule has 11 rings (SSSR count). The molecule has 0 saturated carbocycles. The molecule has 0 unspecified atom stereocenters. The summed E-state index contributed by atoms with van der Waals surface area (Å²) >= 11 is 0. The van der Waals surface area contributed by atoms with E-state index in [2.05, 4.69) is 287 Å². The summed E-state index contributed by atoms with van der Waals surface area (Å²) in [4.78, 5) is 12.1. The molecule has 0 atom stereocenters. The van der Waals surface area contributed by atoms with Crippen molar-refractivity contribution in [3.05, 3.63) is 227 Å². The maximum absolute atomic E-state index is 6.81. The first-order valence-electron chi connectivity index (χ1n) is 27.4. The molecule has 6 nitrogen and oxygen atoms in total. The van der Waals surface area contributed by atoms with E-state index in [1.54, 1.807) is 0 Å². The van der Waals surface area contributed by atoms with Gasteiger partial charge in [0.05, 0.1) is 5.70 Å². The Kier molecular flexibility index (Phi) is 13.9. The van der Waals surface area contributed by atoms with Gasteiger partial charge in [0.25, 0.3) is 0 Å². The molecule has 0 bridgehead atoms. The molecule has 5 heterocycles. The Morgan fingerprint density at radius 1 is 0.513 bits per heavy atom. The van der Waals surface area contributed by atoms with E-state index < -0.39 is 0 Å². The van der Waals surface area contributed by atoms with Crippen LogP contribution in [-0.2, 0) is 48.1 Å². The van der Waals surface area contributed by atoms with Crippen molar-refractivity contribution in [1.29, 1.82) is 0 Å². The minimum absolute atomic E-state index is 0. The van der Waals surface area contributed by atoms with E-state index in [1.165, 1.54) is 44.5 Å². The van der Waals surface area contributed by atoms with Crippen molar-refractivity contribution in [3.8, 4) is 17.3 Å². The number of rotatable bonds is 7. The molecule has 8 heteroatoms. The third-order valence-corrected chi connectivity index (χ3v) is 15.5. The number of aromatic nitrogens is 2. The first-order valence-corrected chi connectivity index (χ1v) is 27.4. The zero-order chi connectivity index (χ0) is 54.6. The third kappa shape index (κ3) is 10.2. The summed E-state index contributed by atoms with van der Waals surface area (Å²) in [5.74, 6) is 6.85. The van der Waals surface area contributed by atoms with Crippen LogP contribution in [0.25, 0.3) is 38.9 Å². The van der Waals surface area contributed by atoms with Gasteiger partial charge >= 0.3 is 6.85 Å². The molecule has 0 aliphatic carbocycles. The molecule has 2 aromatic heterocycles. The fraction of sp³-hybridized carbons (Fsp3) is 0.286. The van der Waals surface area contributed by atoms with Crippen LogP contribution in [0.5, 0.6) is 11.5 Å². The molecule has 0 spiro atoms. The van der Waals surface area contributed by atoms with Crippen LogP contribution in [0.2, 0.25) is 0 Å². The van der Waals surface area contributed by atoms with Crippen LogP contribution in [0.1, 0.15) is 143 Å². The van der Waals surface area contributed by atoms with Gasteiger partial charge in [-0.2, -0.15) is 12.1 Å². The van der Waals surface area contributed by atoms with E-state index in [0.717, 1.165) is 56.1 Å². The second kappa shape index (κ2) is 19.8. The molecule has 0 N–H and O–H groups in total. The Balaban J connectivity index is 0.00000688. The Bertz CT molecular complexity index is 3700. The van der Waals surface area contributed by atoms with Crippen molar-refractivity contribution in [2.24, 2.45) is 0 Å². The molecular weight excluding hydrogens is 1130 g/mol. The van der Waals surface area contributed by atoms with Crippen LogP contribution in [0, 0.1) is 18.8 Å². The summed E-state index contributed by atoms with van der Waals surface area (Å²) in [6.45, 7) is 36.9. The third-order valence-electron chi connectivity index (χ3n) is 15.5. The van der Waals surface area contributed by atoms with Crippen molar-refractivity contribution in [2.75, 3.05) is 9.80 Å². The molecule has 3 aliphatic heterocycles. The standard InChI is InChI=1S/C70H73BN5O.Pt/c1-66(2,3)48-31-33-72-63(41-48)76-59-26-17-16-25-56(59)57-30-29-55(43-62(57)76)77-54-24-22-23-53(42-54)73-45-74(61-28-19-18-27-60(61)73)65-58(46-35-49(67(4,5)6)39-50(36-46)68(7,8)9)44-71-32-20-21-34-75(71)64(65)47-37-51(69(10,11)12)40-52(38-47)70(13,14)15;/h16-41,44-45H,1-15H3;/q-3;. The average molecular weight is 1210 g/mol. The first kappa shape index (κ1) is 54.5. The Morgan fingerprint density at radius 3 is 1.72 bits per heavy atom. The quantitative estimate of drug-likeness (QED) is 0.117. The number of pyridine rings is 1. The van der Waals surface area contributed by atoms with Crippen LogP contribution in [0.4, 0.5) is 17.1 Å². The Hall–Kier alpha value is -6.82. The van der Waals surface area contributed by atoms with Gasteiger partial charge in [0.15, 0.2) is 0 Å². The number of allylic oxidation sites excluding steroid dienone is 3. The smallest absolute Gasteiger partial charge is 0.313 e. The van der Waals surface area contributed by atoms with Gasteiger partial charge in [0.2, 0.25) is 0 Å². The minimum Gasteiger partial charge on any atom is -0.509 e. The maximum Gasteiger partial charge on any atom is 0.313 e. The van der Waals surface area contributed by atoms with Gasteiger partial charge in [-0.1, -0.05) is 182 Å². The van der Waals surface area contributed by atoms with Gasteiger partial charge < -0.3 is 23.9 Å². The first-order chi connectivity index (χ1) is 36.3. The Morgan fingerprint density at radius 2 is 1.09 bits per heavy atom. The summed E-state index contributed by atoms with van der Waals surface area (Å²) < 4.78 is 9.02. The van der Waals surface area contributed by atoms with Crippen LogP contribution in [0.15, 0.2) is 170 Å². The van der Waals surface area contributed by atoms with E-state index in [-0.39, 0.29) is 55.0 Å². The summed E-state index contributed by atoms with van der Waals surface area (Å²) in [6.07, 6.45) is 8.54. The normalized spacial score (nSPS) is 15.0. The average Bonchev–Trinajstić information content (AvgIpc) is 4.06. The summed E-state index contributed by atoms with van der Waals surface area (Å²) in [5.41, 5.74) is 16.9. The fourth-order valence-corrected chi connectivity index (χ4v) is 10.8. The van der Waals surface area contributed by atoms with Gasteiger partial charge in [-0.3, -0.25) is 0 Å². The van der Waals surface area contributed by atoms with E-state index in [1.807, 2.05) is 18.3 Å². The largest absolute Gasteiger partial charge is 0.509 e. The van der Waals surface area contributed by atoms with E-state index in [9.17, 15) is 0 Å². The summed E-state index contributed by atoms with van der Waals surface area (Å²) in [6, 6.07) is 53.9. The molecule has 400 valence electrons. The molecule has 0 fully saturated rings. The topological polar surface area (TPSA) is 36.8 Å². The number of ether oxygens (including phenoxy) is 1. The molecule has 8 aromatic rings. The SMILES string of the molecule is CC(C)(C)c1cc(C2=CB3C=CC=CN3C(c3cc(C(C)(C)C)cc(C(C)(C)C)c3)=C2N2[CH-]N(c3[c-]c(Oc4[c-]c5c(cc4)c4ccccc4n5-c4cc(C(C)(C)C)ccn4)ccc3)c3ccccc32)cc(C(C)(C)C)c1.[Pt]. The van der Waals surface area contributed by atoms with Crippen molar-refractivity contribution in [2.45, 2.75) is 131 Å². The fourth-order valence-electron chi connectivity index (χ4n) is 10.8. The van der Waals surface area contributed by atoms with Gasteiger partial charge in [0, 0.05) is 61.3 Å². The number of nitrogens with zero attached hydrogens (tertiary/aromatic N) is 5. The second-order valence-electron chi connectivity index (χ2n) is 26.4. The van der Waals surface area contributed by atoms with Gasteiger partial charge in [-0.05, 0) is 132 Å². The number of benzene rings is 6. The van der Waals surface area contributed by atoms with Gasteiger partial charge in [-0.15, -0.1) is 48.1 Å². The zero-order valence-corrected chi connectivity index (χ0v) is 50.5. The molecule has 78 heavy (non-hydrogen) atoms. The van der Waals surface area contributed by atoms with E-state index in [0.29, 0.717) is 11.5 Å². The van der Waals surface area contributed by atoms with Crippen LogP contribution in [-0.4, -0.2) is 21.2 Å². The summed E-state index contributed by atoms with van der Waals surface area (Å²) in [5, 5.41) is 2.23. The minimum atomic E-state index is -0.0902. The maximum atomic E-state index is 6.81. The molecule has 0 amide bonds. The van der Waals surface area contributed by atoms with Gasteiger partial charge in [0.1, 0.15) is 5.82 Å². The Labute approximate surface area is 479 Å². The number of hydrogen-bond donors (Lipinski definition) is 0. The molecule has 3 aliphatic rings. The molecular formula is C70H73BN5OPt-3. The predicted molar refractivity (Wildman–Crippen MR) is 325 cm³/mol. The van der Waals surface area contributed by atoms with Crippen LogP contribution >= 0.6 is 0 Å². The van der Waals surface area contributed by atoms with E-state index >= 15 is 0 Å². The predicted octanol–water partition coefficient (Wildman–Crippen LogP) is 18.1. The number of fused-ring (bicyclic) bond motifs is 5. The molecule has 0 saturated heterocycles. The number of anilines is 3. The van der Waals surface area contributed by atoms with Gasteiger partial charge in [-0.25, -0.2) is 4.98 Å². The molecule has 6 aromatic carbocycles. The van der Waals surface area contributed by atoms with Crippen LogP contribution < -0.4 is 14.5 Å². The van der Waals surface area contributed by atoms with Crippen molar-refractivity contribution in [1.82, 2.24) is 14.4 Å². The number of hydrogen-bond acceptors (Lipinski definition) is 5. The van der Waals surface area contributed by atoms with E-state index in [4.69, 9.17) is 9.72 Å².